The number of aliphatic hydroxyl groups excluding tert-OH is 2. The minimum absolute atomic E-state index is 0.342. The van der Waals surface area contributed by atoms with Crippen LogP contribution in [0.4, 0.5) is 0 Å². The van der Waals surface area contributed by atoms with E-state index in [1.54, 1.807) is 0 Å². The van der Waals surface area contributed by atoms with Gasteiger partial charge in [-0.15, -0.1) is 0 Å². The lowest BCUT2D eigenvalue weighted by Gasteiger charge is -2.04. The summed E-state index contributed by atoms with van der Waals surface area (Å²) < 4.78 is 0. The summed E-state index contributed by atoms with van der Waals surface area (Å²) in [5.41, 5.74) is 0. The molecule has 0 radical (unpaired) electrons. The first-order valence-electron chi connectivity index (χ1n) is 7.34. The number of hydrogen-bond acceptors (Lipinski definition) is 3. The van der Waals surface area contributed by atoms with Gasteiger partial charge >= 0.3 is 0 Å². The van der Waals surface area contributed by atoms with Gasteiger partial charge < -0.3 is 15.5 Å². The van der Waals surface area contributed by atoms with Crippen LogP contribution in [0.5, 0.6) is 0 Å². The third-order valence-electron chi connectivity index (χ3n) is 3.02. The summed E-state index contributed by atoms with van der Waals surface area (Å²) in [6.45, 7) is 2.95. The quantitative estimate of drug-likeness (QED) is 0.412. The Kier molecular flexibility index (Phi) is 15.8. The zero-order chi connectivity index (χ0) is 12.6. The van der Waals surface area contributed by atoms with Gasteiger partial charge in [-0.1, -0.05) is 38.5 Å². The fourth-order valence-corrected chi connectivity index (χ4v) is 1.91. The van der Waals surface area contributed by atoms with E-state index < -0.39 is 0 Å². The molecule has 3 heteroatoms. The van der Waals surface area contributed by atoms with Gasteiger partial charge in [-0.2, -0.15) is 0 Å². The highest BCUT2D eigenvalue weighted by atomic mass is 16.3. The summed E-state index contributed by atoms with van der Waals surface area (Å²) in [5.74, 6) is 0. The maximum atomic E-state index is 8.62. The van der Waals surface area contributed by atoms with Crippen LogP contribution in [-0.2, 0) is 0 Å². The second kappa shape index (κ2) is 15.9. The third kappa shape index (κ3) is 15.9. The second-order valence-corrected chi connectivity index (χ2v) is 4.73. The molecule has 0 heterocycles. The van der Waals surface area contributed by atoms with Gasteiger partial charge in [-0.05, 0) is 38.8 Å². The SMILES string of the molecule is OCCCCCCCNCCCCCCCO. The molecule has 0 saturated heterocycles. The fraction of sp³-hybridized carbons (Fsp3) is 1.00. The highest BCUT2D eigenvalue weighted by Gasteiger charge is 1.92. The van der Waals surface area contributed by atoms with Gasteiger partial charge in [0.15, 0.2) is 0 Å². The van der Waals surface area contributed by atoms with Crippen molar-refractivity contribution in [3.8, 4) is 0 Å². The molecular weight excluding hydrogens is 214 g/mol. The zero-order valence-electron chi connectivity index (χ0n) is 11.3. The van der Waals surface area contributed by atoms with Crippen molar-refractivity contribution in [2.24, 2.45) is 0 Å². The van der Waals surface area contributed by atoms with Crippen molar-refractivity contribution in [3.05, 3.63) is 0 Å². The highest BCUT2D eigenvalue weighted by Crippen LogP contribution is 2.03. The molecule has 3 N–H and O–H groups in total. The fourth-order valence-electron chi connectivity index (χ4n) is 1.91. The molecule has 0 aliphatic heterocycles. The van der Waals surface area contributed by atoms with Gasteiger partial charge in [-0.3, -0.25) is 0 Å². The van der Waals surface area contributed by atoms with Crippen LogP contribution in [0.1, 0.15) is 64.2 Å². The van der Waals surface area contributed by atoms with E-state index in [1.165, 1.54) is 51.4 Å². The summed E-state index contributed by atoms with van der Waals surface area (Å²) in [7, 11) is 0. The molecule has 0 bridgehead atoms. The zero-order valence-corrected chi connectivity index (χ0v) is 11.3. The van der Waals surface area contributed by atoms with Gasteiger partial charge in [0, 0.05) is 13.2 Å². The number of rotatable bonds is 14. The van der Waals surface area contributed by atoms with Gasteiger partial charge in [0.1, 0.15) is 0 Å². The number of unbranched alkanes of at least 4 members (excludes halogenated alkanes) is 8. The van der Waals surface area contributed by atoms with Gasteiger partial charge in [0.05, 0.1) is 0 Å². The van der Waals surface area contributed by atoms with Crippen molar-refractivity contribution < 1.29 is 10.2 Å². The van der Waals surface area contributed by atoms with Crippen LogP contribution in [-0.4, -0.2) is 36.5 Å². The lowest BCUT2D eigenvalue weighted by atomic mass is 10.1. The first-order valence-corrected chi connectivity index (χ1v) is 7.34. The van der Waals surface area contributed by atoms with Crippen molar-refractivity contribution in [1.82, 2.24) is 5.32 Å². The number of nitrogens with one attached hydrogen (secondary N) is 1. The molecule has 17 heavy (non-hydrogen) atoms. The van der Waals surface area contributed by atoms with Crippen LogP contribution in [0.2, 0.25) is 0 Å². The lowest BCUT2D eigenvalue weighted by molar-refractivity contribution is 0.282. The number of aliphatic hydroxyl groups is 2. The summed E-state index contributed by atoms with van der Waals surface area (Å²) >= 11 is 0. The Morgan fingerprint density at radius 3 is 1.24 bits per heavy atom. The lowest BCUT2D eigenvalue weighted by Crippen LogP contribution is -2.16. The smallest absolute Gasteiger partial charge is 0.0431 e. The van der Waals surface area contributed by atoms with E-state index >= 15 is 0 Å². The van der Waals surface area contributed by atoms with Crippen LogP contribution in [0.15, 0.2) is 0 Å². The standard InChI is InChI=1S/C14H31NO2/c16-13-9-5-1-3-7-11-15-12-8-4-2-6-10-14-17/h15-17H,1-14H2. The summed E-state index contributed by atoms with van der Waals surface area (Å²) in [6, 6.07) is 0. The molecule has 104 valence electrons. The summed E-state index contributed by atoms with van der Waals surface area (Å²) in [4.78, 5) is 0. The van der Waals surface area contributed by atoms with E-state index in [-0.39, 0.29) is 0 Å². The largest absolute Gasteiger partial charge is 0.396 e. The van der Waals surface area contributed by atoms with Gasteiger partial charge in [-0.25, -0.2) is 0 Å². The highest BCUT2D eigenvalue weighted by molar-refractivity contribution is 4.51. The Hall–Kier alpha value is -0.120. The van der Waals surface area contributed by atoms with Crippen molar-refractivity contribution in [2.45, 2.75) is 64.2 Å². The molecule has 0 rings (SSSR count). The monoisotopic (exact) mass is 245 g/mol. The van der Waals surface area contributed by atoms with E-state index in [9.17, 15) is 0 Å². The molecule has 3 nitrogen and oxygen atoms in total. The normalized spacial score (nSPS) is 10.9. The molecule has 0 spiro atoms. The topological polar surface area (TPSA) is 52.5 Å². The Morgan fingerprint density at radius 1 is 0.471 bits per heavy atom. The van der Waals surface area contributed by atoms with Gasteiger partial charge in [0.2, 0.25) is 0 Å². The summed E-state index contributed by atoms with van der Waals surface area (Å²) in [6.07, 6.45) is 11.8. The van der Waals surface area contributed by atoms with Crippen LogP contribution in [0, 0.1) is 0 Å². The Labute approximate surface area is 107 Å². The average Bonchev–Trinajstić information content (AvgIpc) is 2.35. The first-order chi connectivity index (χ1) is 8.41. The molecular formula is C14H31NO2. The van der Waals surface area contributed by atoms with Crippen LogP contribution in [0.25, 0.3) is 0 Å². The Morgan fingerprint density at radius 2 is 0.824 bits per heavy atom. The van der Waals surface area contributed by atoms with Crippen molar-refractivity contribution in [3.63, 3.8) is 0 Å². The molecule has 0 aliphatic rings. The van der Waals surface area contributed by atoms with E-state index in [0.29, 0.717) is 13.2 Å². The Bertz CT molecular complexity index is 117. The molecule has 0 amide bonds. The molecule has 0 fully saturated rings. The van der Waals surface area contributed by atoms with Crippen molar-refractivity contribution in [1.29, 1.82) is 0 Å². The maximum absolute atomic E-state index is 8.62. The molecule has 0 aliphatic carbocycles. The minimum Gasteiger partial charge on any atom is -0.396 e. The molecule has 0 aromatic rings. The maximum Gasteiger partial charge on any atom is 0.0431 e. The average molecular weight is 245 g/mol. The number of hydrogen-bond donors (Lipinski definition) is 3. The van der Waals surface area contributed by atoms with E-state index in [1.807, 2.05) is 0 Å². The van der Waals surface area contributed by atoms with Crippen LogP contribution in [0.3, 0.4) is 0 Å². The Balaban J connectivity index is 2.85. The van der Waals surface area contributed by atoms with Gasteiger partial charge in [0.25, 0.3) is 0 Å². The predicted octanol–water partition coefficient (Wildman–Crippen LogP) is 2.46. The third-order valence-corrected chi connectivity index (χ3v) is 3.02. The first kappa shape index (κ1) is 16.9. The predicted molar refractivity (Wildman–Crippen MR) is 73.2 cm³/mol. The van der Waals surface area contributed by atoms with Crippen LogP contribution < -0.4 is 5.32 Å². The van der Waals surface area contributed by atoms with Crippen molar-refractivity contribution in [2.75, 3.05) is 26.3 Å². The minimum atomic E-state index is 0.342. The molecule has 0 saturated carbocycles. The molecule has 0 atom stereocenters. The second-order valence-electron chi connectivity index (χ2n) is 4.73. The van der Waals surface area contributed by atoms with E-state index in [4.69, 9.17) is 10.2 Å². The van der Waals surface area contributed by atoms with Crippen LogP contribution >= 0.6 is 0 Å². The van der Waals surface area contributed by atoms with E-state index in [0.717, 1.165) is 25.9 Å². The molecule has 0 aromatic carbocycles. The van der Waals surface area contributed by atoms with E-state index in [2.05, 4.69) is 5.32 Å². The molecule has 0 unspecified atom stereocenters. The van der Waals surface area contributed by atoms with Crippen molar-refractivity contribution >= 4 is 0 Å². The molecule has 0 aromatic heterocycles. The summed E-state index contributed by atoms with van der Waals surface area (Å²) in [5, 5.41) is 20.7.